The number of halogens is 2. The van der Waals surface area contributed by atoms with Gasteiger partial charge < -0.3 is 24.5 Å². The van der Waals surface area contributed by atoms with Gasteiger partial charge in [-0.3, -0.25) is 34.3 Å². The van der Waals surface area contributed by atoms with Crippen molar-refractivity contribution in [1.82, 2.24) is 15.1 Å². The SMILES string of the molecule is COc1cc(N2CCC(CN3CCN(c4ccc5c(c4)CN([C@H]4CCC(=O)NC4=O)C5=O)CC3)CC2)c(F)cc1[C@@H]1N(c2cc(F)ccc2O)C(=O)C12CCCC2. The number of ether oxygens (including phenoxy) is 1. The first-order chi connectivity index (χ1) is 27.5. The minimum Gasteiger partial charge on any atom is -0.506 e. The second-order valence-corrected chi connectivity index (χ2v) is 16.6. The van der Waals surface area contributed by atoms with Gasteiger partial charge in [-0.1, -0.05) is 12.8 Å². The molecule has 300 valence electrons. The lowest BCUT2D eigenvalue weighted by atomic mass is 9.66. The van der Waals surface area contributed by atoms with Crippen LogP contribution in [0.2, 0.25) is 0 Å². The van der Waals surface area contributed by atoms with Crippen molar-refractivity contribution in [3.63, 3.8) is 0 Å². The summed E-state index contributed by atoms with van der Waals surface area (Å²) in [5.41, 5.74) is 2.91. The van der Waals surface area contributed by atoms with Gasteiger partial charge in [0, 0.05) is 87.7 Å². The summed E-state index contributed by atoms with van der Waals surface area (Å²) in [6, 6.07) is 11.4. The van der Waals surface area contributed by atoms with E-state index in [1.54, 1.807) is 18.1 Å². The minimum absolute atomic E-state index is 0.0820. The first kappa shape index (κ1) is 37.3. The van der Waals surface area contributed by atoms with E-state index in [1.165, 1.54) is 17.0 Å². The Morgan fingerprint density at radius 1 is 0.860 bits per heavy atom. The number of nitrogens with one attached hydrogen (secondary N) is 1. The molecule has 14 heteroatoms. The quantitative estimate of drug-likeness (QED) is 0.237. The number of rotatable bonds is 8. The highest BCUT2D eigenvalue weighted by Gasteiger charge is 2.63. The molecule has 5 heterocycles. The zero-order valence-electron chi connectivity index (χ0n) is 32.1. The third-order valence-corrected chi connectivity index (χ3v) is 13.4. The normalized spacial score (nSPS) is 24.0. The van der Waals surface area contributed by atoms with Crippen LogP contribution < -0.4 is 24.8 Å². The average Bonchev–Trinajstić information content (AvgIpc) is 3.85. The number of hydrogen-bond donors (Lipinski definition) is 2. The molecule has 2 N–H and O–H groups in total. The maximum Gasteiger partial charge on any atom is 0.255 e. The van der Waals surface area contributed by atoms with E-state index in [0.717, 1.165) is 81.8 Å². The summed E-state index contributed by atoms with van der Waals surface area (Å²) in [7, 11) is 1.54. The van der Waals surface area contributed by atoms with Crippen LogP contribution in [0.3, 0.4) is 0 Å². The molecule has 6 aliphatic rings. The van der Waals surface area contributed by atoms with Crippen LogP contribution in [0.25, 0.3) is 0 Å². The summed E-state index contributed by atoms with van der Waals surface area (Å²) in [6.45, 7) is 6.23. The summed E-state index contributed by atoms with van der Waals surface area (Å²) >= 11 is 0. The van der Waals surface area contributed by atoms with Gasteiger partial charge in [0.25, 0.3) is 5.91 Å². The molecule has 12 nitrogen and oxygen atoms in total. The van der Waals surface area contributed by atoms with Crippen LogP contribution in [0.4, 0.5) is 25.8 Å². The Labute approximate surface area is 330 Å². The summed E-state index contributed by atoms with van der Waals surface area (Å²) in [6.07, 6.45) is 5.42. The predicted molar refractivity (Wildman–Crippen MR) is 208 cm³/mol. The molecule has 1 saturated carbocycles. The molecule has 4 saturated heterocycles. The molecular weight excluding hydrogens is 735 g/mol. The lowest BCUT2D eigenvalue weighted by Gasteiger charge is -2.55. The molecule has 0 aromatic heterocycles. The van der Waals surface area contributed by atoms with Crippen LogP contribution in [0.15, 0.2) is 48.5 Å². The van der Waals surface area contributed by atoms with E-state index in [1.807, 2.05) is 12.1 Å². The van der Waals surface area contributed by atoms with Crippen molar-refractivity contribution in [2.75, 3.05) is 67.6 Å². The van der Waals surface area contributed by atoms with Gasteiger partial charge in [-0.25, -0.2) is 8.78 Å². The van der Waals surface area contributed by atoms with E-state index >= 15 is 4.39 Å². The first-order valence-corrected chi connectivity index (χ1v) is 20.2. The number of benzene rings is 3. The number of aromatic hydroxyl groups is 1. The Balaban J connectivity index is 0.815. The smallest absolute Gasteiger partial charge is 0.255 e. The van der Waals surface area contributed by atoms with Gasteiger partial charge in [0.05, 0.1) is 29.9 Å². The number of methoxy groups -OCH3 is 1. The number of β-lactam (4-membered cyclic amide) rings is 1. The van der Waals surface area contributed by atoms with E-state index in [0.29, 0.717) is 67.4 Å². The highest BCUT2D eigenvalue weighted by Crippen LogP contribution is 2.62. The Bertz CT molecular complexity index is 2130. The van der Waals surface area contributed by atoms with E-state index in [4.69, 9.17) is 4.74 Å². The van der Waals surface area contributed by atoms with Gasteiger partial charge in [0.2, 0.25) is 17.7 Å². The zero-order chi connectivity index (χ0) is 39.6. The molecule has 2 atom stereocenters. The molecule has 5 fully saturated rings. The number of amides is 4. The van der Waals surface area contributed by atoms with Crippen molar-refractivity contribution >= 4 is 40.7 Å². The highest BCUT2D eigenvalue weighted by molar-refractivity contribution is 6.08. The fourth-order valence-corrected chi connectivity index (χ4v) is 10.4. The van der Waals surface area contributed by atoms with Crippen molar-refractivity contribution in [3.8, 4) is 11.5 Å². The molecule has 5 aliphatic heterocycles. The number of anilines is 3. The molecule has 57 heavy (non-hydrogen) atoms. The standard InChI is InChI=1S/C43H48F2N6O6/c1-57-37-23-34(32(45)22-31(37)39-43(12-2-3-13-43)42(56)51(39)35-21-28(44)4-8-36(35)52)49-14-10-26(11-15-49)24-47-16-18-48(19-17-47)29-5-6-30-27(20-29)25-50(41(30)55)33-7-9-38(53)46-40(33)54/h4-6,8,20-23,26,33,39,52H,2-3,7,9-19,24-25H2,1H3,(H,46,53,54)/t33-,39-/m0/s1. The van der Waals surface area contributed by atoms with Crippen molar-refractivity contribution in [2.24, 2.45) is 11.3 Å². The first-order valence-electron chi connectivity index (χ1n) is 20.2. The van der Waals surface area contributed by atoms with E-state index in [2.05, 4.69) is 26.1 Å². The van der Waals surface area contributed by atoms with Crippen LogP contribution in [0.5, 0.6) is 11.5 Å². The topological polar surface area (TPSA) is 126 Å². The van der Waals surface area contributed by atoms with Gasteiger partial charge in [-0.15, -0.1) is 0 Å². The zero-order valence-corrected chi connectivity index (χ0v) is 32.1. The fourth-order valence-electron chi connectivity index (χ4n) is 10.4. The Morgan fingerprint density at radius 2 is 1.61 bits per heavy atom. The summed E-state index contributed by atoms with van der Waals surface area (Å²) in [5, 5.41) is 13.0. The predicted octanol–water partition coefficient (Wildman–Crippen LogP) is 5.13. The number of carbonyl (C=O) groups excluding carboxylic acids is 4. The van der Waals surface area contributed by atoms with Crippen molar-refractivity contribution in [2.45, 2.75) is 70.0 Å². The van der Waals surface area contributed by atoms with Gasteiger partial charge in [-0.05, 0) is 80.0 Å². The molecule has 3 aromatic carbocycles. The van der Waals surface area contributed by atoms with Crippen molar-refractivity contribution < 1.29 is 37.8 Å². The summed E-state index contributed by atoms with van der Waals surface area (Å²) in [5.74, 6) is -1.28. The van der Waals surface area contributed by atoms with E-state index < -0.39 is 35.0 Å². The molecular formula is C43H48F2N6O6. The van der Waals surface area contributed by atoms with Crippen LogP contribution in [0, 0.1) is 23.0 Å². The maximum absolute atomic E-state index is 16.2. The Kier molecular flexibility index (Phi) is 9.57. The number of piperazine rings is 1. The third-order valence-electron chi connectivity index (χ3n) is 13.4. The second kappa shape index (κ2) is 14.6. The largest absolute Gasteiger partial charge is 0.506 e. The lowest BCUT2D eigenvalue weighted by Crippen LogP contribution is -2.62. The number of phenols is 1. The number of piperidine rings is 2. The molecule has 9 rings (SSSR count). The summed E-state index contributed by atoms with van der Waals surface area (Å²) in [4.78, 5) is 60.9. The average molecular weight is 783 g/mol. The third kappa shape index (κ3) is 6.45. The van der Waals surface area contributed by atoms with Crippen LogP contribution >= 0.6 is 0 Å². The van der Waals surface area contributed by atoms with Gasteiger partial charge in [0.15, 0.2) is 0 Å². The van der Waals surface area contributed by atoms with Gasteiger partial charge in [0.1, 0.15) is 29.2 Å². The maximum atomic E-state index is 16.2. The molecule has 1 spiro atoms. The number of phenolic OH excluding ortho intramolecular Hbond substituents is 1. The molecule has 1 aliphatic carbocycles. The Hall–Kier alpha value is -5.24. The van der Waals surface area contributed by atoms with E-state index in [9.17, 15) is 28.7 Å². The molecule has 3 aromatic rings. The van der Waals surface area contributed by atoms with Crippen LogP contribution in [0.1, 0.15) is 78.9 Å². The van der Waals surface area contributed by atoms with Crippen LogP contribution in [-0.2, 0) is 20.9 Å². The molecule has 0 bridgehead atoms. The number of imide groups is 1. The second-order valence-electron chi connectivity index (χ2n) is 16.6. The highest BCUT2D eigenvalue weighted by atomic mass is 19.1. The number of hydrogen-bond acceptors (Lipinski definition) is 9. The van der Waals surface area contributed by atoms with Gasteiger partial charge >= 0.3 is 0 Å². The molecule has 4 amide bonds. The van der Waals surface area contributed by atoms with E-state index in [-0.39, 0.29) is 35.6 Å². The minimum atomic E-state index is -0.743. The van der Waals surface area contributed by atoms with Crippen molar-refractivity contribution in [1.29, 1.82) is 0 Å². The monoisotopic (exact) mass is 782 g/mol. The molecule has 0 unspecified atom stereocenters. The fraction of sp³-hybridized carbons (Fsp3) is 0.488. The lowest BCUT2D eigenvalue weighted by molar-refractivity contribution is -0.140. The van der Waals surface area contributed by atoms with Gasteiger partial charge in [-0.2, -0.15) is 0 Å². The molecule has 0 radical (unpaired) electrons. The summed E-state index contributed by atoms with van der Waals surface area (Å²) < 4.78 is 36.4. The van der Waals surface area contributed by atoms with Crippen molar-refractivity contribution in [3.05, 3.63) is 76.9 Å². The number of nitrogens with zero attached hydrogens (tertiary/aromatic N) is 5. The Morgan fingerprint density at radius 3 is 2.33 bits per heavy atom. The van der Waals surface area contributed by atoms with Crippen LogP contribution in [-0.4, -0.2) is 97.5 Å². The number of carbonyl (C=O) groups is 4. The number of fused-ring (bicyclic) bond motifs is 1.